The van der Waals surface area contributed by atoms with Gasteiger partial charge in [-0.25, -0.2) is 0 Å². The van der Waals surface area contributed by atoms with Crippen LogP contribution in [0.2, 0.25) is 0 Å². The van der Waals surface area contributed by atoms with E-state index in [1.54, 1.807) is 0 Å². The molecule has 0 aliphatic heterocycles. The second kappa shape index (κ2) is 7.85. The Morgan fingerprint density at radius 3 is 2.11 bits per heavy atom. The average molecular weight is 271 g/mol. The van der Waals surface area contributed by atoms with Crippen molar-refractivity contribution in [3.63, 3.8) is 0 Å². The zero-order chi connectivity index (χ0) is 15.2. The molecule has 4 heteroatoms. The van der Waals surface area contributed by atoms with E-state index < -0.39 is 5.54 Å². The molecular formula is C15H33N3O. The average Bonchev–Trinajstić information content (AvgIpc) is 2.23. The summed E-state index contributed by atoms with van der Waals surface area (Å²) < 4.78 is 0. The predicted octanol–water partition coefficient (Wildman–Crippen LogP) is 2.13. The number of carbonyl (C=O) groups is 1. The van der Waals surface area contributed by atoms with Gasteiger partial charge in [0.2, 0.25) is 5.91 Å². The first kappa shape index (κ1) is 18.4. The summed E-state index contributed by atoms with van der Waals surface area (Å²) in [7, 11) is 0. The van der Waals surface area contributed by atoms with Gasteiger partial charge in [0.1, 0.15) is 0 Å². The molecule has 0 aromatic rings. The van der Waals surface area contributed by atoms with Crippen molar-refractivity contribution in [1.82, 2.24) is 10.2 Å². The van der Waals surface area contributed by atoms with Crippen LogP contribution in [0.4, 0.5) is 0 Å². The van der Waals surface area contributed by atoms with Crippen LogP contribution in [-0.2, 0) is 4.79 Å². The molecule has 0 aromatic carbocycles. The second-order valence-electron chi connectivity index (χ2n) is 6.38. The van der Waals surface area contributed by atoms with E-state index in [0.29, 0.717) is 12.1 Å². The molecule has 0 heterocycles. The van der Waals surface area contributed by atoms with Gasteiger partial charge < -0.3 is 11.1 Å². The van der Waals surface area contributed by atoms with Crippen LogP contribution in [0.15, 0.2) is 0 Å². The van der Waals surface area contributed by atoms with Crippen molar-refractivity contribution in [3.8, 4) is 0 Å². The predicted molar refractivity (Wildman–Crippen MR) is 82.1 cm³/mol. The van der Waals surface area contributed by atoms with Gasteiger partial charge in [-0.3, -0.25) is 9.69 Å². The van der Waals surface area contributed by atoms with Crippen molar-refractivity contribution in [3.05, 3.63) is 0 Å². The van der Waals surface area contributed by atoms with Crippen LogP contribution in [0.1, 0.15) is 61.3 Å². The van der Waals surface area contributed by atoms with Gasteiger partial charge >= 0.3 is 0 Å². The summed E-state index contributed by atoms with van der Waals surface area (Å²) in [5.74, 6) is -0.270. The van der Waals surface area contributed by atoms with Crippen molar-refractivity contribution in [2.75, 3.05) is 6.54 Å². The number of rotatable bonds is 9. The summed E-state index contributed by atoms with van der Waals surface area (Å²) in [5.41, 5.74) is 4.95. The van der Waals surface area contributed by atoms with E-state index in [2.05, 4.69) is 37.9 Å². The van der Waals surface area contributed by atoms with Crippen LogP contribution in [0.5, 0.6) is 0 Å². The topological polar surface area (TPSA) is 58.4 Å². The summed E-state index contributed by atoms with van der Waals surface area (Å²) in [6.45, 7) is 15.8. The summed E-state index contributed by atoms with van der Waals surface area (Å²) in [5, 5.41) is 3.32. The van der Waals surface area contributed by atoms with E-state index in [4.69, 9.17) is 5.73 Å². The van der Waals surface area contributed by atoms with E-state index >= 15 is 0 Å². The highest BCUT2D eigenvalue weighted by molar-refractivity contribution is 5.84. The molecule has 1 amide bonds. The Balaban J connectivity index is 4.87. The Labute approximate surface area is 119 Å². The van der Waals surface area contributed by atoms with Crippen LogP contribution in [0, 0.1) is 0 Å². The molecule has 114 valence electrons. The highest BCUT2D eigenvalue weighted by Crippen LogP contribution is 2.19. The zero-order valence-electron chi connectivity index (χ0n) is 13.8. The number of nitrogens with zero attached hydrogens (tertiary/aromatic N) is 1. The molecule has 2 atom stereocenters. The van der Waals surface area contributed by atoms with E-state index in [-0.39, 0.29) is 11.9 Å². The van der Waals surface area contributed by atoms with Crippen molar-refractivity contribution >= 4 is 5.91 Å². The minimum absolute atomic E-state index is 0.239. The third-order valence-electron chi connectivity index (χ3n) is 3.57. The fraction of sp³-hybridized carbons (Fsp3) is 0.933. The van der Waals surface area contributed by atoms with Crippen molar-refractivity contribution < 1.29 is 4.79 Å². The van der Waals surface area contributed by atoms with E-state index in [0.717, 1.165) is 19.4 Å². The maximum absolute atomic E-state index is 11.8. The van der Waals surface area contributed by atoms with Crippen LogP contribution in [-0.4, -0.2) is 41.0 Å². The molecule has 0 saturated carbocycles. The molecule has 0 aliphatic carbocycles. The lowest BCUT2D eigenvalue weighted by Crippen LogP contribution is -2.58. The Hall–Kier alpha value is -0.610. The van der Waals surface area contributed by atoms with Crippen molar-refractivity contribution in [2.24, 2.45) is 5.73 Å². The first-order valence-corrected chi connectivity index (χ1v) is 7.47. The van der Waals surface area contributed by atoms with E-state index in [9.17, 15) is 4.79 Å². The number of nitrogens with two attached hydrogens (primary N) is 1. The summed E-state index contributed by atoms with van der Waals surface area (Å²) in [6, 6.07) is 1.04. The molecule has 0 bridgehead atoms. The maximum Gasteiger partial charge on any atom is 0.237 e. The third kappa shape index (κ3) is 5.91. The molecule has 0 fully saturated rings. The monoisotopic (exact) mass is 271 g/mol. The largest absolute Gasteiger partial charge is 0.368 e. The zero-order valence-corrected chi connectivity index (χ0v) is 13.8. The number of primary amides is 1. The second-order valence-corrected chi connectivity index (χ2v) is 6.38. The van der Waals surface area contributed by atoms with Gasteiger partial charge in [-0.2, -0.15) is 0 Å². The highest BCUT2D eigenvalue weighted by atomic mass is 16.1. The van der Waals surface area contributed by atoms with Crippen LogP contribution >= 0.6 is 0 Å². The van der Waals surface area contributed by atoms with Crippen LogP contribution < -0.4 is 11.1 Å². The molecule has 3 N–H and O–H groups in total. The van der Waals surface area contributed by atoms with Gasteiger partial charge in [-0.1, -0.05) is 6.92 Å². The molecule has 0 aliphatic rings. The summed E-state index contributed by atoms with van der Waals surface area (Å²) in [6.07, 6.45) is 1.85. The molecule has 0 rings (SSSR count). The standard InChI is InChI=1S/C15H33N3O/c1-8-9-18(12(4)5)13(6)10-15(7,14(16)19)17-11(2)3/h11-13,17H,8-10H2,1-7H3,(H2,16,19). The molecule has 2 unspecified atom stereocenters. The fourth-order valence-electron chi connectivity index (χ4n) is 2.82. The van der Waals surface area contributed by atoms with Gasteiger partial charge in [0, 0.05) is 18.1 Å². The van der Waals surface area contributed by atoms with Gasteiger partial charge in [-0.15, -0.1) is 0 Å². The minimum Gasteiger partial charge on any atom is -0.368 e. The lowest BCUT2D eigenvalue weighted by Gasteiger charge is -2.38. The quantitative estimate of drug-likeness (QED) is 0.675. The molecule has 19 heavy (non-hydrogen) atoms. The smallest absolute Gasteiger partial charge is 0.237 e. The van der Waals surface area contributed by atoms with Gasteiger partial charge in [0.15, 0.2) is 0 Å². The summed E-state index contributed by atoms with van der Waals surface area (Å²) >= 11 is 0. The van der Waals surface area contributed by atoms with Gasteiger partial charge in [0.25, 0.3) is 0 Å². The Morgan fingerprint density at radius 2 is 1.79 bits per heavy atom. The number of amides is 1. The van der Waals surface area contributed by atoms with Crippen molar-refractivity contribution in [2.45, 2.75) is 85.0 Å². The SMILES string of the molecule is CCCN(C(C)C)C(C)CC(C)(NC(C)C)C(N)=O. The highest BCUT2D eigenvalue weighted by Gasteiger charge is 2.35. The molecule has 0 saturated heterocycles. The van der Waals surface area contributed by atoms with Gasteiger partial charge in [-0.05, 0) is 60.9 Å². The molecular weight excluding hydrogens is 238 g/mol. The van der Waals surface area contributed by atoms with Gasteiger partial charge in [0.05, 0.1) is 5.54 Å². The van der Waals surface area contributed by atoms with Crippen molar-refractivity contribution in [1.29, 1.82) is 0 Å². The number of hydrogen-bond donors (Lipinski definition) is 2. The lowest BCUT2D eigenvalue weighted by molar-refractivity contribution is -0.125. The number of hydrogen-bond acceptors (Lipinski definition) is 3. The minimum atomic E-state index is -0.644. The van der Waals surface area contributed by atoms with Crippen LogP contribution in [0.25, 0.3) is 0 Å². The first-order valence-electron chi connectivity index (χ1n) is 7.47. The Morgan fingerprint density at radius 1 is 1.26 bits per heavy atom. The molecule has 0 aromatic heterocycles. The maximum atomic E-state index is 11.8. The molecule has 4 nitrogen and oxygen atoms in total. The Kier molecular flexibility index (Phi) is 7.60. The molecule has 0 radical (unpaired) electrons. The number of carbonyl (C=O) groups excluding carboxylic acids is 1. The lowest BCUT2D eigenvalue weighted by atomic mass is 9.90. The normalized spacial score (nSPS) is 16.9. The fourth-order valence-corrected chi connectivity index (χ4v) is 2.82. The van der Waals surface area contributed by atoms with E-state index in [1.807, 2.05) is 20.8 Å². The summed E-state index contributed by atoms with van der Waals surface area (Å²) in [4.78, 5) is 14.2. The molecule has 0 spiro atoms. The van der Waals surface area contributed by atoms with E-state index in [1.165, 1.54) is 0 Å². The van der Waals surface area contributed by atoms with Crippen LogP contribution in [0.3, 0.4) is 0 Å². The first-order chi connectivity index (χ1) is 8.64. The third-order valence-corrected chi connectivity index (χ3v) is 3.57. The number of nitrogens with one attached hydrogen (secondary N) is 1. The Bertz CT molecular complexity index is 279.